The van der Waals surface area contributed by atoms with Gasteiger partial charge in [-0.2, -0.15) is 0 Å². The Bertz CT molecular complexity index is 621. The summed E-state index contributed by atoms with van der Waals surface area (Å²) in [5.41, 5.74) is 1.57. The van der Waals surface area contributed by atoms with Gasteiger partial charge in [-0.3, -0.25) is 4.79 Å². The van der Waals surface area contributed by atoms with Crippen molar-refractivity contribution in [1.29, 1.82) is 0 Å². The molecule has 1 aliphatic rings. The molecule has 2 aromatic rings. The maximum atomic E-state index is 12.3. The van der Waals surface area contributed by atoms with Crippen LogP contribution in [0.25, 0.3) is 0 Å². The molecular weight excluding hydrogens is 286 g/mol. The number of morpholine rings is 1. The number of amides is 1. The number of carbonyl (C=O) groups excluding carboxylic acids is 1. The number of thiazole rings is 1. The number of rotatable bonds is 3. The Balaban J connectivity index is 1.75. The van der Waals surface area contributed by atoms with E-state index in [9.17, 15) is 4.79 Å². The molecule has 1 aromatic heterocycles. The molecule has 5 nitrogen and oxygen atoms in total. The highest BCUT2D eigenvalue weighted by molar-refractivity contribution is 7.17. The lowest BCUT2D eigenvalue weighted by atomic mass is 10.3. The van der Waals surface area contributed by atoms with Gasteiger partial charge in [-0.1, -0.05) is 29.5 Å². The topological polar surface area (TPSA) is 54.5 Å². The molecule has 21 heavy (non-hydrogen) atoms. The first-order valence-corrected chi connectivity index (χ1v) is 7.72. The summed E-state index contributed by atoms with van der Waals surface area (Å²) in [5, 5.41) is 3.80. The van der Waals surface area contributed by atoms with Gasteiger partial charge in [0.2, 0.25) is 0 Å². The van der Waals surface area contributed by atoms with Gasteiger partial charge in [0.15, 0.2) is 5.13 Å². The Morgan fingerprint density at radius 2 is 2.00 bits per heavy atom. The molecule has 3 rings (SSSR count). The molecule has 1 aliphatic heterocycles. The number of para-hydroxylation sites is 1. The van der Waals surface area contributed by atoms with Crippen LogP contribution in [-0.2, 0) is 4.74 Å². The fraction of sp³-hybridized carbons (Fsp3) is 0.333. The van der Waals surface area contributed by atoms with E-state index < -0.39 is 0 Å². The van der Waals surface area contributed by atoms with Crippen LogP contribution < -0.4 is 10.2 Å². The van der Waals surface area contributed by atoms with E-state index in [4.69, 9.17) is 4.74 Å². The van der Waals surface area contributed by atoms with Crippen molar-refractivity contribution in [2.45, 2.75) is 6.92 Å². The molecule has 0 aliphatic carbocycles. The summed E-state index contributed by atoms with van der Waals surface area (Å²) in [6, 6.07) is 9.46. The van der Waals surface area contributed by atoms with Crippen LogP contribution in [0.15, 0.2) is 30.3 Å². The summed E-state index contributed by atoms with van der Waals surface area (Å²) in [4.78, 5) is 19.7. The van der Waals surface area contributed by atoms with Crippen molar-refractivity contribution in [3.8, 4) is 0 Å². The van der Waals surface area contributed by atoms with Crippen LogP contribution in [0.2, 0.25) is 0 Å². The monoisotopic (exact) mass is 303 g/mol. The van der Waals surface area contributed by atoms with E-state index in [1.165, 1.54) is 11.3 Å². The number of nitrogens with zero attached hydrogens (tertiary/aromatic N) is 2. The molecule has 6 heteroatoms. The zero-order chi connectivity index (χ0) is 14.7. The number of aryl methyl sites for hydroxylation is 1. The highest BCUT2D eigenvalue weighted by atomic mass is 32.1. The largest absolute Gasteiger partial charge is 0.378 e. The van der Waals surface area contributed by atoms with Gasteiger partial charge in [0.1, 0.15) is 4.88 Å². The Labute approximate surface area is 127 Å². The van der Waals surface area contributed by atoms with Crippen molar-refractivity contribution in [2.75, 3.05) is 36.5 Å². The Hall–Kier alpha value is -1.92. The minimum absolute atomic E-state index is 0.101. The lowest BCUT2D eigenvalue weighted by Gasteiger charge is -2.25. The molecular formula is C15H17N3O2S. The third-order valence-corrected chi connectivity index (χ3v) is 4.52. The van der Waals surface area contributed by atoms with E-state index in [0.717, 1.165) is 29.6 Å². The van der Waals surface area contributed by atoms with Crippen molar-refractivity contribution >= 4 is 28.1 Å². The quantitative estimate of drug-likeness (QED) is 0.947. The van der Waals surface area contributed by atoms with Crippen LogP contribution in [0.4, 0.5) is 10.8 Å². The molecule has 0 unspecified atom stereocenters. The molecule has 0 bridgehead atoms. The molecule has 0 atom stereocenters. The molecule has 1 amide bonds. The third kappa shape index (κ3) is 3.22. The number of benzene rings is 1. The minimum atomic E-state index is -0.101. The van der Waals surface area contributed by atoms with Gasteiger partial charge in [0.05, 0.1) is 18.9 Å². The predicted octanol–water partition coefficient (Wildman–Crippen LogP) is 2.54. The maximum absolute atomic E-state index is 12.3. The summed E-state index contributed by atoms with van der Waals surface area (Å²) in [6.07, 6.45) is 0. The number of hydrogen-bond donors (Lipinski definition) is 1. The Kier molecular flexibility index (Phi) is 4.17. The summed E-state index contributed by atoms with van der Waals surface area (Å²) in [7, 11) is 0. The van der Waals surface area contributed by atoms with Crippen molar-refractivity contribution in [3.05, 3.63) is 40.9 Å². The van der Waals surface area contributed by atoms with Gasteiger partial charge in [-0.05, 0) is 19.1 Å². The first-order valence-electron chi connectivity index (χ1n) is 6.90. The molecule has 1 saturated heterocycles. The van der Waals surface area contributed by atoms with Crippen LogP contribution >= 0.6 is 11.3 Å². The van der Waals surface area contributed by atoms with E-state index in [1.807, 2.05) is 37.3 Å². The number of anilines is 2. The molecule has 0 saturated carbocycles. The maximum Gasteiger partial charge on any atom is 0.267 e. The Morgan fingerprint density at radius 1 is 1.29 bits per heavy atom. The van der Waals surface area contributed by atoms with Crippen molar-refractivity contribution < 1.29 is 9.53 Å². The van der Waals surface area contributed by atoms with E-state index in [1.54, 1.807) is 0 Å². The molecule has 110 valence electrons. The summed E-state index contributed by atoms with van der Waals surface area (Å²) in [6.45, 7) is 4.95. The van der Waals surface area contributed by atoms with Crippen molar-refractivity contribution in [1.82, 2.24) is 4.98 Å². The lowest BCUT2D eigenvalue weighted by Crippen LogP contribution is -2.36. The summed E-state index contributed by atoms with van der Waals surface area (Å²) < 4.78 is 5.34. The number of ether oxygens (including phenoxy) is 1. The summed E-state index contributed by atoms with van der Waals surface area (Å²) in [5.74, 6) is -0.101. The second kappa shape index (κ2) is 6.24. The third-order valence-electron chi connectivity index (χ3n) is 3.30. The zero-order valence-electron chi connectivity index (χ0n) is 11.8. The van der Waals surface area contributed by atoms with Gasteiger partial charge in [-0.25, -0.2) is 4.98 Å². The summed E-state index contributed by atoms with van der Waals surface area (Å²) >= 11 is 1.44. The number of carbonyl (C=O) groups is 1. The predicted molar refractivity (Wildman–Crippen MR) is 84.3 cm³/mol. The standard InChI is InChI=1S/C15H17N3O2S/c1-11-13(14(19)17-12-5-3-2-4-6-12)21-15(16-11)18-7-9-20-10-8-18/h2-6H,7-10H2,1H3,(H,17,19). The SMILES string of the molecule is Cc1nc(N2CCOCC2)sc1C(=O)Nc1ccccc1. The first-order chi connectivity index (χ1) is 10.2. The molecule has 0 spiro atoms. The van der Waals surface area contributed by atoms with E-state index >= 15 is 0 Å². The highest BCUT2D eigenvalue weighted by Gasteiger charge is 2.20. The Morgan fingerprint density at radius 3 is 2.71 bits per heavy atom. The second-order valence-electron chi connectivity index (χ2n) is 4.83. The first kappa shape index (κ1) is 14.0. The fourth-order valence-corrected chi connectivity index (χ4v) is 3.21. The van der Waals surface area contributed by atoms with Crippen molar-refractivity contribution in [2.24, 2.45) is 0 Å². The van der Waals surface area contributed by atoms with Gasteiger partial charge in [0, 0.05) is 18.8 Å². The minimum Gasteiger partial charge on any atom is -0.378 e. The molecule has 1 aromatic carbocycles. The van der Waals surface area contributed by atoms with Crippen LogP contribution in [-0.4, -0.2) is 37.2 Å². The molecule has 1 N–H and O–H groups in total. The van der Waals surface area contributed by atoms with Gasteiger partial charge >= 0.3 is 0 Å². The van der Waals surface area contributed by atoms with Crippen LogP contribution in [0, 0.1) is 6.92 Å². The molecule has 0 radical (unpaired) electrons. The smallest absolute Gasteiger partial charge is 0.267 e. The normalized spacial score (nSPS) is 15.0. The van der Waals surface area contributed by atoms with Gasteiger partial charge in [0.25, 0.3) is 5.91 Å². The van der Waals surface area contributed by atoms with Crippen LogP contribution in [0.3, 0.4) is 0 Å². The van der Waals surface area contributed by atoms with Gasteiger partial charge < -0.3 is 15.0 Å². The fourth-order valence-electron chi connectivity index (χ4n) is 2.19. The average Bonchev–Trinajstić information content (AvgIpc) is 2.91. The van der Waals surface area contributed by atoms with E-state index in [-0.39, 0.29) is 5.91 Å². The second-order valence-corrected chi connectivity index (χ2v) is 5.81. The number of nitrogens with one attached hydrogen (secondary N) is 1. The number of aromatic nitrogens is 1. The van der Waals surface area contributed by atoms with E-state index in [0.29, 0.717) is 18.1 Å². The van der Waals surface area contributed by atoms with Crippen LogP contribution in [0.5, 0.6) is 0 Å². The number of hydrogen-bond acceptors (Lipinski definition) is 5. The zero-order valence-corrected chi connectivity index (χ0v) is 12.7. The van der Waals surface area contributed by atoms with E-state index in [2.05, 4.69) is 15.2 Å². The highest BCUT2D eigenvalue weighted by Crippen LogP contribution is 2.27. The van der Waals surface area contributed by atoms with Gasteiger partial charge in [-0.15, -0.1) is 0 Å². The average molecular weight is 303 g/mol. The molecule has 2 heterocycles. The molecule has 1 fully saturated rings. The van der Waals surface area contributed by atoms with Crippen molar-refractivity contribution in [3.63, 3.8) is 0 Å². The lowest BCUT2D eigenvalue weighted by molar-refractivity contribution is 0.103. The van der Waals surface area contributed by atoms with Crippen LogP contribution in [0.1, 0.15) is 15.4 Å².